The maximum absolute atomic E-state index is 12.9. The lowest BCUT2D eigenvalue weighted by atomic mass is 10.2. The van der Waals surface area contributed by atoms with Crippen molar-refractivity contribution in [3.63, 3.8) is 0 Å². The minimum atomic E-state index is -0.720. The highest BCUT2D eigenvalue weighted by atomic mass is 19.1. The van der Waals surface area contributed by atoms with Crippen LogP contribution in [-0.4, -0.2) is 22.7 Å². The van der Waals surface area contributed by atoms with Crippen molar-refractivity contribution in [3.05, 3.63) is 34.1 Å². The molecule has 1 aromatic carbocycles. The van der Waals surface area contributed by atoms with E-state index in [9.17, 15) is 19.6 Å². The second-order valence-corrected chi connectivity index (χ2v) is 3.24. The summed E-state index contributed by atoms with van der Waals surface area (Å²) in [6.45, 7) is 1.65. The number of ether oxygens (including phenoxy) is 1. The van der Waals surface area contributed by atoms with Crippen molar-refractivity contribution in [3.8, 4) is 5.75 Å². The summed E-state index contributed by atoms with van der Waals surface area (Å²) < 4.78 is 17.9. The third-order valence-electron chi connectivity index (χ3n) is 2.02. The summed E-state index contributed by atoms with van der Waals surface area (Å²) in [5, 5.41) is 19.8. The van der Waals surface area contributed by atoms with Crippen LogP contribution in [-0.2, 0) is 0 Å². The smallest absolute Gasteiger partial charge is 0.311 e. The summed E-state index contributed by atoms with van der Waals surface area (Å²) >= 11 is 0. The number of rotatable bonds is 5. The van der Waals surface area contributed by atoms with Gasteiger partial charge >= 0.3 is 5.69 Å². The molecule has 1 unspecified atom stereocenters. The third kappa shape index (κ3) is 3.16. The molecule has 0 spiro atoms. The van der Waals surface area contributed by atoms with E-state index in [0.29, 0.717) is 6.42 Å². The molecular formula is C10H12FNO4. The number of aliphatic hydroxyl groups excluding tert-OH is 1. The lowest BCUT2D eigenvalue weighted by Gasteiger charge is -2.10. The van der Waals surface area contributed by atoms with Crippen molar-refractivity contribution in [1.29, 1.82) is 0 Å². The minimum Gasteiger partial charge on any atom is -0.484 e. The quantitative estimate of drug-likeness (QED) is 0.618. The highest BCUT2D eigenvalue weighted by Crippen LogP contribution is 2.27. The highest BCUT2D eigenvalue weighted by Gasteiger charge is 2.16. The van der Waals surface area contributed by atoms with E-state index in [1.165, 1.54) is 0 Å². The molecule has 0 fully saturated rings. The first-order valence-electron chi connectivity index (χ1n) is 4.79. The molecule has 0 aliphatic rings. The van der Waals surface area contributed by atoms with Crippen LogP contribution in [0.1, 0.15) is 13.3 Å². The predicted molar refractivity (Wildman–Crippen MR) is 54.8 cm³/mol. The van der Waals surface area contributed by atoms with E-state index in [-0.39, 0.29) is 18.0 Å². The maximum atomic E-state index is 12.9. The van der Waals surface area contributed by atoms with E-state index >= 15 is 0 Å². The van der Waals surface area contributed by atoms with Crippen molar-refractivity contribution in [2.75, 3.05) is 6.61 Å². The Bertz CT molecular complexity index is 383. The molecule has 5 nitrogen and oxygen atoms in total. The Morgan fingerprint density at radius 1 is 1.62 bits per heavy atom. The molecule has 0 aliphatic heterocycles. The number of hydrogen-bond donors (Lipinski definition) is 1. The molecule has 0 amide bonds. The van der Waals surface area contributed by atoms with Crippen molar-refractivity contribution in [2.45, 2.75) is 19.4 Å². The van der Waals surface area contributed by atoms with Gasteiger partial charge in [0.05, 0.1) is 11.0 Å². The van der Waals surface area contributed by atoms with E-state index in [1.54, 1.807) is 6.92 Å². The Hall–Kier alpha value is -1.69. The first-order valence-corrected chi connectivity index (χ1v) is 4.79. The van der Waals surface area contributed by atoms with Crippen LogP contribution < -0.4 is 4.74 Å². The van der Waals surface area contributed by atoms with Gasteiger partial charge in [0.2, 0.25) is 0 Å². The number of benzene rings is 1. The van der Waals surface area contributed by atoms with Crippen molar-refractivity contribution in [1.82, 2.24) is 0 Å². The second kappa shape index (κ2) is 5.41. The molecule has 0 radical (unpaired) electrons. The van der Waals surface area contributed by atoms with Gasteiger partial charge in [-0.3, -0.25) is 10.1 Å². The maximum Gasteiger partial charge on any atom is 0.311 e. The van der Waals surface area contributed by atoms with Crippen LogP contribution in [0, 0.1) is 15.9 Å². The van der Waals surface area contributed by atoms with Gasteiger partial charge in [-0.2, -0.15) is 0 Å². The molecule has 1 N–H and O–H groups in total. The number of hydrogen-bond acceptors (Lipinski definition) is 4. The Labute approximate surface area is 91.6 Å². The average Bonchev–Trinajstić information content (AvgIpc) is 2.25. The monoisotopic (exact) mass is 229 g/mol. The van der Waals surface area contributed by atoms with Crippen LogP contribution in [0.25, 0.3) is 0 Å². The van der Waals surface area contributed by atoms with Crippen LogP contribution in [0.5, 0.6) is 5.75 Å². The lowest BCUT2D eigenvalue weighted by Crippen LogP contribution is -2.16. The molecule has 6 heteroatoms. The van der Waals surface area contributed by atoms with Gasteiger partial charge in [0, 0.05) is 12.1 Å². The van der Waals surface area contributed by atoms with E-state index in [1.807, 2.05) is 0 Å². The molecule has 1 rings (SSSR count). The van der Waals surface area contributed by atoms with Crippen LogP contribution >= 0.6 is 0 Å². The molecule has 0 heterocycles. The zero-order valence-corrected chi connectivity index (χ0v) is 8.72. The Balaban J connectivity index is 2.84. The predicted octanol–water partition coefficient (Wildman–Crippen LogP) is 1.88. The van der Waals surface area contributed by atoms with Crippen LogP contribution in [0.3, 0.4) is 0 Å². The molecule has 0 aliphatic carbocycles. The molecule has 0 saturated carbocycles. The molecule has 1 atom stereocenters. The van der Waals surface area contributed by atoms with Gasteiger partial charge in [0.15, 0.2) is 5.75 Å². The summed E-state index contributed by atoms with van der Waals surface area (Å²) in [5.41, 5.74) is -0.315. The molecule has 16 heavy (non-hydrogen) atoms. The number of aliphatic hydroxyl groups is 1. The van der Waals surface area contributed by atoms with Gasteiger partial charge in [-0.25, -0.2) is 4.39 Å². The molecule has 88 valence electrons. The third-order valence-corrected chi connectivity index (χ3v) is 2.02. The van der Waals surface area contributed by atoms with Crippen LogP contribution in [0.15, 0.2) is 18.2 Å². The summed E-state index contributed by atoms with van der Waals surface area (Å²) in [5.74, 6) is -0.788. The number of nitro groups is 1. The first-order chi connectivity index (χ1) is 7.54. The fourth-order valence-electron chi connectivity index (χ4n) is 1.06. The SMILES string of the molecule is CCC(O)COc1cc(F)ccc1[N+](=O)[O-]. The van der Waals surface area contributed by atoms with E-state index in [4.69, 9.17) is 4.74 Å². The Morgan fingerprint density at radius 2 is 2.31 bits per heavy atom. The van der Waals surface area contributed by atoms with Gasteiger partial charge < -0.3 is 9.84 Å². The summed E-state index contributed by atoms with van der Waals surface area (Å²) in [6.07, 6.45) is -0.258. The molecule has 1 aromatic rings. The minimum absolute atomic E-state index is 0.0964. The fraction of sp³-hybridized carbons (Fsp3) is 0.400. The average molecular weight is 229 g/mol. The molecule has 0 saturated heterocycles. The van der Waals surface area contributed by atoms with Crippen LogP contribution in [0.2, 0.25) is 0 Å². The van der Waals surface area contributed by atoms with Crippen molar-refractivity contribution in [2.24, 2.45) is 0 Å². The van der Waals surface area contributed by atoms with Crippen molar-refractivity contribution >= 4 is 5.69 Å². The zero-order chi connectivity index (χ0) is 12.1. The highest BCUT2D eigenvalue weighted by molar-refractivity contribution is 5.46. The number of nitro benzene ring substituents is 1. The number of nitrogens with zero attached hydrogens (tertiary/aromatic N) is 1. The summed E-state index contributed by atoms with van der Waals surface area (Å²) in [6, 6.07) is 2.95. The second-order valence-electron chi connectivity index (χ2n) is 3.24. The zero-order valence-electron chi connectivity index (χ0n) is 8.72. The summed E-state index contributed by atoms with van der Waals surface area (Å²) in [4.78, 5) is 9.93. The van der Waals surface area contributed by atoms with E-state index < -0.39 is 16.8 Å². The lowest BCUT2D eigenvalue weighted by molar-refractivity contribution is -0.386. The van der Waals surface area contributed by atoms with E-state index in [2.05, 4.69) is 0 Å². The molecule has 0 aromatic heterocycles. The normalized spacial score (nSPS) is 12.2. The first kappa shape index (κ1) is 12.4. The van der Waals surface area contributed by atoms with Gasteiger partial charge in [-0.1, -0.05) is 6.92 Å². The van der Waals surface area contributed by atoms with Crippen molar-refractivity contribution < 1.29 is 19.2 Å². The molecule has 0 bridgehead atoms. The topological polar surface area (TPSA) is 72.6 Å². The van der Waals surface area contributed by atoms with Gasteiger partial charge in [-0.05, 0) is 12.5 Å². The Morgan fingerprint density at radius 3 is 2.88 bits per heavy atom. The fourth-order valence-corrected chi connectivity index (χ4v) is 1.06. The standard InChI is InChI=1S/C10H12FNO4/c1-2-8(13)6-16-10-5-7(11)3-4-9(10)12(14)15/h3-5,8,13H,2,6H2,1H3. The van der Waals surface area contributed by atoms with Gasteiger partial charge in [-0.15, -0.1) is 0 Å². The largest absolute Gasteiger partial charge is 0.484 e. The summed E-state index contributed by atoms with van der Waals surface area (Å²) in [7, 11) is 0. The Kier molecular flexibility index (Phi) is 4.19. The van der Waals surface area contributed by atoms with Gasteiger partial charge in [0.25, 0.3) is 0 Å². The van der Waals surface area contributed by atoms with Crippen LogP contribution in [0.4, 0.5) is 10.1 Å². The van der Waals surface area contributed by atoms with E-state index in [0.717, 1.165) is 18.2 Å². The molecular weight excluding hydrogens is 217 g/mol. The van der Waals surface area contributed by atoms with Gasteiger partial charge in [0.1, 0.15) is 12.4 Å². The number of halogens is 1.